The summed E-state index contributed by atoms with van der Waals surface area (Å²) in [5.41, 5.74) is 4.61. The third-order valence-corrected chi connectivity index (χ3v) is 7.17. The van der Waals surface area contributed by atoms with Gasteiger partial charge in [0.1, 0.15) is 22.8 Å². The number of nitrogen functional groups attached to an aromatic ring is 1. The normalized spacial score (nSPS) is 16.1. The molecule has 0 aromatic carbocycles. The van der Waals surface area contributed by atoms with Gasteiger partial charge >= 0.3 is 18.0 Å². The molecule has 0 unspecified atom stereocenters. The van der Waals surface area contributed by atoms with Gasteiger partial charge in [0.2, 0.25) is 0 Å². The van der Waals surface area contributed by atoms with Gasteiger partial charge in [0.25, 0.3) is 0 Å². The van der Waals surface area contributed by atoms with E-state index in [0.29, 0.717) is 62.8 Å². The molecule has 4 heterocycles. The maximum atomic E-state index is 12.0. The summed E-state index contributed by atoms with van der Waals surface area (Å²) in [5, 5.41) is 10.5. The minimum atomic E-state index is -0.545. The fourth-order valence-corrected chi connectivity index (χ4v) is 4.69. The zero-order chi connectivity index (χ0) is 33.9. The Morgan fingerprint density at radius 1 is 0.783 bits per heavy atom. The van der Waals surface area contributed by atoms with Gasteiger partial charge in [-0.15, -0.1) is 0 Å². The molecule has 2 N–H and O–H groups in total. The van der Waals surface area contributed by atoms with Gasteiger partial charge in [0.15, 0.2) is 11.9 Å². The van der Waals surface area contributed by atoms with Gasteiger partial charge in [-0.2, -0.15) is 0 Å². The zero-order valence-corrected chi connectivity index (χ0v) is 27.8. The highest BCUT2D eigenvalue weighted by atomic mass is 16.6. The molecule has 2 aliphatic rings. The smallest absolute Gasteiger partial charge is 0.410 e. The molecule has 4 rings (SSSR count). The molecular formula is C32H48N6O8. The third kappa shape index (κ3) is 12.9. The Kier molecular flexibility index (Phi) is 12.8. The Hall–Kier alpha value is -4.36. The van der Waals surface area contributed by atoms with Crippen molar-refractivity contribution in [3.05, 3.63) is 46.8 Å². The molecule has 2 aliphatic heterocycles. The van der Waals surface area contributed by atoms with Crippen molar-refractivity contribution in [1.82, 2.24) is 19.8 Å². The number of pyridine rings is 2. The number of hydrogen-bond donors (Lipinski definition) is 1. The monoisotopic (exact) mass is 644 g/mol. The zero-order valence-electron chi connectivity index (χ0n) is 27.8. The summed E-state index contributed by atoms with van der Waals surface area (Å²) in [4.78, 5) is 45.2. The summed E-state index contributed by atoms with van der Waals surface area (Å²) in [6, 6.07) is 6.40. The largest absolute Gasteiger partial charge is 0.492 e. The van der Waals surface area contributed by atoms with Crippen molar-refractivity contribution in [1.29, 1.82) is 0 Å². The summed E-state index contributed by atoms with van der Waals surface area (Å²) >= 11 is 0. The van der Waals surface area contributed by atoms with E-state index in [0.717, 1.165) is 31.4 Å². The van der Waals surface area contributed by atoms with Crippen LogP contribution in [-0.4, -0.2) is 87.5 Å². The van der Waals surface area contributed by atoms with Gasteiger partial charge < -0.3 is 44.6 Å². The summed E-state index contributed by atoms with van der Waals surface area (Å²) in [6.45, 7) is 15.0. The Morgan fingerprint density at radius 3 is 1.52 bits per heavy atom. The highest BCUT2D eigenvalue weighted by Gasteiger charge is 2.28. The molecule has 14 heteroatoms. The number of aromatic nitrogens is 2. The van der Waals surface area contributed by atoms with Crippen molar-refractivity contribution >= 4 is 23.8 Å². The van der Waals surface area contributed by atoms with E-state index in [2.05, 4.69) is 9.97 Å². The fraction of sp³-hybridized carbons (Fsp3) is 0.625. The molecule has 254 valence electrons. The molecule has 14 nitrogen and oxygen atoms in total. The van der Waals surface area contributed by atoms with Crippen LogP contribution in [0.25, 0.3) is 0 Å². The first-order valence-corrected chi connectivity index (χ1v) is 15.6. The Morgan fingerprint density at radius 2 is 1.20 bits per heavy atom. The highest BCUT2D eigenvalue weighted by molar-refractivity contribution is 5.68. The van der Waals surface area contributed by atoms with Crippen LogP contribution >= 0.6 is 0 Å². The number of ether oxygens (including phenoxy) is 4. The maximum Gasteiger partial charge on any atom is 0.410 e. The highest BCUT2D eigenvalue weighted by Crippen LogP contribution is 2.23. The number of piperidine rings is 2. The minimum Gasteiger partial charge on any atom is -0.492 e. The van der Waals surface area contributed by atoms with E-state index in [1.165, 1.54) is 12.3 Å². The van der Waals surface area contributed by atoms with Crippen molar-refractivity contribution in [3.63, 3.8) is 0 Å². The standard InChI is InChI=1S/C16H23N3O5.C16H25N3O3/c1-16(2,3)24-15(20)18-8-6-12(7-9-18)11-23-13-4-5-14(17-10-13)19(21)22;1-16(2,3)22-15(20)19-8-6-12(7-9-19)11-21-13-4-5-14(17)18-10-13/h4-5,10,12H,6-9,11H2,1-3H3;4-5,10,12H,6-9,11H2,1-3H3,(H2,17,18). The van der Waals surface area contributed by atoms with Crippen LogP contribution in [0.4, 0.5) is 21.2 Å². The lowest BCUT2D eigenvalue weighted by Gasteiger charge is -2.33. The molecule has 46 heavy (non-hydrogen) atoms. The molecule has 0 bridgehead atoms. The molecular weight excluding hydrogens is 596 g/mol. The van der Waals surface area contributed by atoms with E-state index in [4.69, 9.17) is 24.7 Å². The van der Waals surface area contributed by atoms with Crippen LogP contribution < -0.4 is 15.2 Å². The Balaban J connectivity index is 0.000000251. The number of nitro groups is 1. The van der Waals surface area contributed by atoms with Crippen LogP contribution in [0, 0.1) is 22.0 Å². The van der Waals surface area contributed by atoms with Crippen LogP contribution in [0.1, 0.15) is 67.2 Å². The molecule has 0 radical (unpaired) electrons. The van der Waals surface area contributed by atoms with Gasteiger partial charge in [0.05, 0.1) is 19.4 Å². The lowest BCUT2D eigenvalue weighted by molar-refractivity contribution is -0.389. The molecule has 2 aromatic heterocycles. The summed E-state index contributed by atoms with van der Waals surface area (Å²) in [6.07, 6.45) is 5.98. The first kappa shape index (κ1) is 36.1. The number of nitrogens with two attached hydrogens (primary N) is 1. The predicted molar refractivity (Wildman–Crippen MR) is 172 cm³/mol. The summed E-state index contributed by atoms with van der Waals surface area (Å²) in [5.74, 6) is 2.29. The molecule has 0 saturated carbocycles. The van der Waals surface area contributed by atoms with Gasteiger partial charge in [-0.25, -0.2) is 14.6 Å². The first-order valence-electron chi connectivity index (χ1n) is 15.6. The van der Waals surface area contributed by atoms with Gasteiger partial charge in [-0.3, -0.25) is 0 Å². The van der Waals surface area contributed by atoms with E-state index >= 15 is 0 Å². The van der Waals surface area contributed by atoms with E-state index in [1.54, 1.807) is 28.1 Å². The number of carbonyl (C=O) groups excluding carboxylic acids is 2. The Labute approximate surface area is 270 Å². The van der Waals surface area contributed by atoms with Crippen LogP contribution in [0.2, 0.25) is 0 Å². The number of nitrogens with zero attached hydrogens (tertiary/aromatic N) is 5. The molecule has 0 aliphatic carbocycles. The lowest BCUT2D eigenvalue weighted by atomic mass is 9.98. The van der Waals surface area contributed by atoms with Crippen molar-refractivity contribution in [3.8, 4) is 11.5 Å². The SMILES string of the molecule is CC(C)(C)OC(=O)N1CCC(COc2ccc(N)nc2)CC1.CC(C)(C)OC(=O)N1CCC(COc2ccc([N+](=O)[O-])nc2)CC1. The van der Waals surface area contributed by atoms with E-state index in [-0.39, 0.29) is 18.0 Å². The van der Waals surface area contributed by atoms with Crippen LogP contribution in [0.5, 0.6) is 11.5 Å². The quantitative estimate of drug-likeness (QED) is 0.289. The molecule has 2 saturated heterocycles. The van der Waals surface area contributed by atoms with E-state index < -0.39 is 16.1 Å². The number of anilines is 1. The average Bonchev–Trinajstić information content (AvgIpc) is 2.99. The van der Waals surface area contributed by atoms with Gasteiger partial charge in [0, 0.05) is 32.2 Å². The lowest BCUT2D eigenvalue weighted by Crippen LogP contribution is -2.42. The minimum absolute atomic E-state index is 0.201. The second-order valence-electron chi connectivity index (χ2n) is 13.5. The number of rotatable bonds is 7. The topological polar surface area (TPSA) is 172 Å². The first-order chi connectivity index (χ1) is 21.6. The molecule has 0 spiro atoms. The molecule has 2 fully saturated rings. The van der Waals surface area contributed by atoms with E-state index in [1.807, 2.05) is 47.6 Å². The van der Waals surface area contributed by atoms with Crippen molar-refractivity contribution < 1.29 is 33.5 Å². The maximum absolute atomic E-state index is 12.0. The van der Waals surface area contributed by atoms with Crippen molar-refractivity contribution in [2.75, 3.05) is 45.1 Å². The van der Waals surface area contributed by atoms with Gasteiger partial charge in [-0.1, -0.05) is 0 Å². The van der Waals surface area contributed by atoms with Crippen LogP contribution in [-0.2, 0) is 9.47 Å². The number of likely N-dealkylation sites (tertiary alicyclic amines) is 2. The molecule has 2 aromatic rings. The predicted octanol–water partition coefficient (Wildman–Crippen LogP) is 5.71. The molecule has 2 amide bonds. The second kappa shape index (κ2) is 16.3. The molecule has 0 atom stereocenters. The summed E-state index contributed by atoms with van der Waals surface area (Å²) < 4.78 is 22.1. The van der Waals surface area contributed by atoms with Crippen LogP contribution in [0.3, 0.4) is 0 Å². The Bertz CT molecular complexity index is 1260. The average molecular weight is 645 g/mol. The second-order valence-corrected chi connectivity index (χ2v) is 13.5. The fourth-order valence-electron chi connectivity index (χ4n) is 4.69. The van der Waals surface area contributed by atoms with E-state index in [9.17, 15) is 19.7 Å². The van der Waals surface area contributed by atoms with Crippen molar-refractivity contribution in [2.45, 2.75) is 78.4 Å². The third-order valence-electron chi connectivity index (χ3n) is 7.17. The number of carbonyl (C=O) groups is 2. The number of amides is 2. The summed E-state index contributed by atoms with van der Waals surface area (Å²) in [7, 11) is 0. The van der Waals surface area contributed by atoms with Crippen LogP contribution in [0.15, 0.2) is 36.7 Å². The van der Waals surface area contributed by atoms with Crippen molar-refractivity contribution in [2.24, 2.45) is 11.8 Å². The van der Waals surface area contributed by atoms with Gasteiger partial charge in [-0.05, 0) is 107 Å². The number of hydrogen-bond acceptors (Lipinski definition) is 11.